The quantitative estimate of drug-likeness (QED) is 0.847. The van der Waals surface area contributed by atoms with Gasteiger partial charge in [0, 0.05) is 7.05 Å². The Labute approximate surface area is 125 Å². The first-order valence-electron chi connectivity index (χ1n) is 7.00. The molecule has 21 heavy (non-hydrogen) atoms. The van der Waals surface area contributed by atoms with E-state index >= 15 is 0 Å². The van der Waals surface area contributed by atoms with E-state index in [1.807, 2.05) is 38.1 Å². The first-order chi connectivity index (χ1) is 9.99. The number of likely N-dealkylation sites (N-methyl/N-ethyl adjacent to an activating group) is 1. The summed E-state index contributed by atoms with van der Waals surface area (Å²) in [6, 6.07) is 9.62. The monoisotopic (exact) mass is 287 g/mol. The van der Waals surface area contributed by atoms with E-state index in [9.17, 15) is 4.79 Å². The summed E-state index contributed by atoms with van der Waals surface area (Å²) in [7, 11) is 1.77. The molecule has 4 heteroatoms. The van der Waals surface area contributed by atoms with Crippen molar-refractivity contribution in [2.24, 2.45) is 0 Å². The minimum Gasteiger partial charge on any atom is -0.491 e. The molecule has 2 rings (SSSR count). The highest BCUT2D eigenvalue weighted by Gasteiger charge is 2.17. The maximum absolute atomic E-state index is 12.3. The van der Waals surface area contributed by atoms with Gasteiger partial charge < -0.3 is 14.1 Å². The van der Waals surface area contributed by atoms with Gasteiger partial charge in [0.2, 0.25) is 0 Å². The highest BCUT2D eigenvalue weighted by molar-refractivity contribution is 5.95. The van der Waals surface area contributed by atoms with Gasteiger partial charge in [-0.1, -0.05) is 18.2 Å². The van der Waals surface area contributed by atoms with Crippen molar-refractivity contribution in [2.75, 3.05) is 20.2 Å². The molecule has 0 saturated heterocycles. The van der Waals surface area contributed by atoms with Crippen LogP contribution in [0, 0.1) is 20.8 Å². The van der Waals surface area contributed by atoms with Crippen molar-refractivity contribution in [3.63, 3.8) is 0 Å². The number of para-hydroxylation sites is 1. The predicted molar refractivity (Wildman–Crippen MR) is 81.8 cm³/mol. The van der Waals surface area contributed by atoms with E-state index in [4.69, 9.17) is 9.15 Å². The molecule has 0 saturated carbocycles. The SMILES string of the molecule is Cc1cc(C(=O)N(C)CCOc2ccccc2C)c(C)o1. The molecule has 4 nitrogen and oxygen atoms in total. The molecule has 1 aromatic heterocycles. The lowest BCUT2D eigenvalue weighted by Gasteiger charge is -2.17. The predicted octanol–water partition coefficient (Wildman–Crippen LogP) is 3.36. The number of amides is 1. The lowest BCUT2D eigenvalue weighted by Crippen LogP contribution is -2.31. The van der Waals surface area contributed by atoms with Crippen molar-refractivity contribution >= 4 is 5.91 Å². The molecule has 1 aromatic carbocycles. The van der Waals surface area contributed by atoms with Gasteiger partial charge in [0.15, 0.2) is 0 Å². The third kappa shape index (κ3) is 3.66. The van der Waals surface area contributed by atoms with Gasteiger partial charge >= 0.3 is 0 Å². The number of hydrogen-bond donors (Lipinski definition) is 0. The summed E-state index contributed by atoms with van der Waals surface area (Å²) in [6.07, 6.45) is 0. The van der Waals surface area contributed by atoms with Crippen molar-refractivity contribution in [2.45, 2.75) is 20.8 Å². The molecule has 2 aromatic rings. The second-order valence-corrected chi connectivity index (χ2v) is 5.17. The zero-order chi connectivity index (χ0) is 15.4. The fourth-order valence-corrected chi connectivity index (χ4v) is 2.16. The van der Waals surface area contributed by atoms with Crippen molar-refractivity contribution in [3.05, 3.63) is 53.0 Å². The second-order valence-electron chi connectivity index (χ2n) is 5.17. The van der Waals surface area contributed by atoms with Crippen LogP contribution in [-0.4, -0.2) is 31.0 Å². The number of carbonyl (C=O) groups excluding carboxylic acids is 1. The Bertz CT molecular complexity index is 631. The zero-order valence-corrected chi connectivity index (χ0v) is 13.0. The van der Waals surface area contributed by atoms with Crippen LogP contribution >= 0.6 is 0 Å². The van der Waals surface area contributed by atoms with Gasteiger partial charge in [0.05, 0.1) is 12.1 Å². The Hall–Kier alpha value is -2.23. The zero-order valence-electron chi connectivity index (χ0n) is 13.0. The van der Waals surface area contributed by atoms with Gasteiger partial charge in [-0.05, 0) is 38.5 Å². The Morgan fingerprint density at radius 1 is 1.24 bits per heavy atom. The normalized spacial score (nSPS) is 10.5. The number of furan rings is 1. The number of hydrogen-bond acceptors (Lipinski definition) is 3. The fraction of sp³-hybridized carbons (Fsp3) is 0.353. The van der Waals surface area contributed by atoms with E-state index in [1.165, 1.54) is 0 Å². The molecule has 0 fully saturated rings. The van der Waals surface area contributed by atoms with E-state index in [1.54, 1.807) is 24.9 Å². The van der Waals surface area contributed by atoms with E-state index < -0.39 is 0 Å². The lowest BCUT2D eigenvalue weighted by atomic mass is 10.2. The van der Waals surface area contributed by atoms with Gasteiger partial charge in [-0.2, -0.15) is 0 Å². The van der Waals surface area contributed by atoms with E-state index in [2.05, 4.69) is 0 Å². The third-order valence-corrected chi connectivity index (χ3v) is 3.40. The van der Waals surface area contributed by atoms with Crippen LogP contribution in [0.15, 0.2) is 34.7 Å². The first kappa shape index (κ1) is 15.2. The molecule has 0 radical (unpaired) electrons. The number of ether oxygens (including phenoxy) is 1. The molecule has 0 atom stereocenters. The van der Waals surface area contributed by atoms with Gasteiger partial charge in [0.1, 0.15) is 23.9 Å². The molecule has 0 bridgehead atoms. The van der Waals surface area contributed by atoms with Crippen LogP contribution in [0.1, 0.15) is 27.4 Å². The number of rotatable bonds is 5. The first-order valence-corrected chi connectivity index (χ1v) is 7.00. The molecular formula is C17H21NO3. The van der Waals surface area contributed by atoms with Crippen LogP contribution in [0.5, 0.6) is 5.75 Å². The van der Waals surface area contributed by atoms with E-state index in [-0.39, 0.29) is 5.91 Å². The van der Waals surface area contributed by atoms with Crippen LogP contribution in [-0.2, 0) is 0 Å². The molecule has 1 heterocycles. The minimum absolute atomic E-state index is 0.0438. The number of carbonyl (C=O) groups is 1. The smallest absolute Gasteiger partial charge is 0.257 e. The third-order valence-electron chi connectivity index (χ3n) is 3.40. The van der Waals surface area contributed by atoms with E-state index in [0.29, 0.717) is 24.5 Å². The van der Waals surface area contributed by atoms with Crippen molar-refractivity contribution < 1.29 is 13.9 Å². The molecule has 112 valence electrons. The molecular weight excluding hydrogens is 266 g/mol. The number of aryl methyl sites for hydroxylation is 3. The highest BCUT2D eigenvalue weighted by Crippen LogP contribution is 2.17. The van der Waals surface area contributed by atoms with Crippen molar-refractivity contribution in [3.8, 4) is 5.75 Å². The van der Waals surface area contributed by atoms with Crippen LogP contribution in [0.4, 0.5) is 0 Å². The Morgan fingerprint density at radius 3 is 2.57 bits per heavy atom. The summed E-state index contributed by atoms with van der Waals surface area (Å²) in [4.78, 5) is 13.9. The topological polar surface area (TPSA) is 42.7 Å². The van der Waals surface area contributed by atoms with Gasteiger partial charge in [0.25, 0.3) is 5.91 Å². The number of nitrogens with zero attached hydrogens (tertiary/aromatic N) is 1. The fourth-order valence-electron chi connectivity index (χ4n) is 2.16. The maximum Gasteiger partial charge on any atom is 0.257 e. The summed E-state index contributed by atoms with van der Waals surface area (Å²) in [5, 5.41) is 0. The maximum atomic E-state index is 12.3. The molecule has 0 spiro atoms. The Kier molecular flexibility index (Phi) is 4.68. The standard InChI is InChI=1S/C17H21NO3/c1-12-7-5-6-8-16(12)20-10-9-18(4)17(19)15-11-13(2)21-14(15)3/h5-8,11H,9-10H2,1-4H3. The molecule has 0 N–H and O–H groups in total. The largest absolute Gasteiger partial charge is 0.491 e. The van der Waals surface area contributed by atoms with Crippen molar-refractivity contribution in [1.29, 1.82) is 0 Å². The average Bonchev–Trinajstić information content (AvgIpc) is 2.79. The van der Waals surface area contributed by atoms with Gasteiger partial charge in [-0.15, -0.1) is 0 Å². The summed E-state index contributed by atoms with van der Waals surface area (Å²) >= 11 is 0. The molecule has 0 unspecified atom stereocenters. The van der Waals surface area contributed by atoms with E-state index in [0.717, 1.165) is 17.1 Å². The molecule has 0 aliphatic carbocycles. The number of benzene rings is 1. The van der Waals surface area contributed by atoms with Gasteiger partial charge in [-0.25, -0.2) is 0 Å². The Morgan fingerprint density at radius 2 is 1.95 bits per heavy atom. The van der Waals surface area contributed by atoms with Crippen molar-refractivity contribution in [1.82, 2.24) is 4.90 Å². The molecule has 0 aliphatic heterocycles. The highest BCUT2D eigenvalue weighted by atomic mass is 16.5. The lowest BCUT2D eigenvalue weighted by molar-refractivity contribution is 0.0772. The Balaban J connectivity index is 1.90. The van der Waals surface area contributed by atoms with Crippen LogP contribution < -0.4 is 4.74 Å². The van der Waals surface area contributed by atoms with Crippen LogP contribution in [0.3, 0.4) is 0 Å². The minimum atomic E-state index is -0.0438. The average molecular weight is 287 g/mol. The van der Waals surface area contributed by atoms with Gasteiger partial charge in [-0.3, -0.25) is 4.79 Å². The second kappa shape index (κ2) is 6.48. The summed E-state index contributed by atoms with van der Waals surface area (Å²) in [6.45, 7) is 6.63. The molecule has 0 aliphatic rings. The summed E-state index contributed by atoms with van der Waals surface area (Å²) in [5.74, 6) is 2.22. The van der Waals surface area contributed by atoms with Crippen LogP contribution in [0.2, 0.25) is 0 Å². The summed E-state index contributed by atoms with van der Waals surface area (Å²) in [5.41, 5.74) is 1.71. The summed E-state index contributed by atoms with van der Waals surface area (Å²) < 4.78 is 11.1. The molecule has 1 amide bonds. The van der Waals surface area contributed by atoms with Crippen LogP contribution in [0.25, 0.3) is 0 Å².